The summed E-state index contributed by atoms with van der Waals surface area (Å²) in [7, 11) is 0. The third-order valence-corrected chi connectivity index (χ3v) is 4.06. The first-order valence-corrected chi connectivity index (χ1v) is 7.36. The Labute approximate surface area is 119 Å². The van der Waals surface area contributed by atoms with Gasteiger partial charge < -0.3 is 4.57 Å². The van der Waals surface area contributed by atoms with E-state index in [1.54, 1.807) is 11.8 Å². The SMILES string of the molecule is C=CCn1c(C)nnc1SCc1ccc(Br)cc1. The van der Waals surface area contributed by atoms with E-state index >= 15 is 0 Å². The molecule has 94 valence electrons. The molecule has 2 rings (SSSR count). The molecule has 2 aromatic rings. The Balaban J connectivity index is 2.05. The van der Waals surface area contributed by atoms with Crippen LogP contribution in [0.15, 0.2) is 46.5 Å². The van der Waals surface area contributed by atoms with Crippen LogP contribution >= 0.6 is 27.7 Å². The molecule has 0 amide bonds. The van der Waals surface area contributed by atoms with Crippen LogP contribution in [0.5, 0.6) is 0 Å². The highest BCUT2D eigenvalue weighted by molar-refractivity contribution is 9.10. The first-order valence-electron chi connectivity index (χ1n) is 5.58. The smallest absolute Gasteiger partial charge is 0.191 e. The predicted molar refractivity (Wildman–Crippen MR) is 78.7 cm³/mol. The molecule has 3 nitrogen and oxygen atoms in total. The molecule has 0 radical (unpaired) electrons. The van der Waals surface area contributed by atoms with E-state index in [-0.39, 0.29) is 0 Å². The van der Waals surface area contributed by atoms with Gasteiger partial charge in [-0.3, -0.25) is 0 Å². The van der Waals surface area contributed by atoms with E-state index in [4.69, 9.17) is 0 Å². The van der Waals surface area contributed by atoms with E-state index in [1.165, 1.54) is 5.56 Å². The molecular formula is C13H14BrN3S. The number of nitrogens with zero attached hydrogens (tertiary/aromatic N) is 3. The molecule has 0 atom stereocenters. The molecule has 0 fully saturated rings. The number of hydrogen-bond acceptors (Lipinski definition) is 3. The van der Waals surface area contributed by atoms with E-state index in [0.717, 1.165) is 27.8 Å². The van der Waals surface area contributed by atoms with Gasteiger partial charge >= 0.3 is 0 Å². The molecule has 1 aromatic carbocycles. The summed E-state index contributed by atoms with van der Waals surface area (Å²) in [6.45, 7) is 6.46. The Morgan fingerprint density at radius 2 is 2.06 bits per heavy atom. The van der Waals surface area contributed by atoms with Crippen molar-refractivity contribution in [2.75, 3.05) is 0 Å². The first kappa shape index (κ1) is 13.4. The summed E-state index contributed by atoms with van der Waals surface area (Å²) in [6.07, 6.45) is 1.86. The van der Waals surface area contributed by atoms with Crippen molar-refractivity contribution >= 4 is 27.7 Å². The lowest BCUT2D eigenvalue weighted by Crippen LogP contribution is -2.00. The predicted octanol–water partition coefficient (Wildman–Crippen LogP) is 3.83. The van der Waals surface area contributed by atoms with E-state index in [9.17, 15) is 0 Å². The van der Waals surface area contributed by atoms with Crippen molar-refractivity contribution in [3.8, 4) is 0 Å². The van der Waals surface area contributed by atoms with Gasteiger partial charge in [-0.15, -0.1) is 16.8 Å². The highest BCUT2D eigenvalue weighted by atomic mass is 79.9. The third kappa shape index (κ3) is 3.23. The summed E-state index contributed by atoms with van der Waals surface area (Å²) in [5.41, 5.74) is 1.27. The molecule has 0 spiro atoms. The van der Waals surface area contributed by atoms with Crippen molar-refractivity contribution in [1.82, 2.24) is 14.8 Å². The second kappa shape index (κ2) is 6.20. The largest absolute Gasteiger partial charge is 0.302 e. The van der Waals surface area contributed by atoms with Gasteiger partial charge in [0.05, 0.1) is 0 Å². The van der Waals surface area contributed by atoms with Gasteiger partial charge in [0, 0.05) is 16.8 Å². The minimum Gasteiger partial charge on any atom is -0.302 e. The van der Waals surface area contributed by atoms with Crippen molar-refractivity contribution in [2.45, 2.75) is 24.4 Å². The molecule has 0 saturated carbocycles. The summed E-state index contributed by atoms with van der Waals surface area (Å²) in [4.78, 5) is 0. The molecule has 0 saturated heterocycles. The molecule has 1 aromatic heterocycles. The maximum atomic E-state index is 4.19. The molecule has 0 bridgehead atoms. The lowest BCUT2D eigenvalue weighted by molar-refractivity contribution is 0.703. The highest BCUT2D eigenvalue weighted by Crippen LogP contribution is 2.22. The number of halogens is 1. The number of hydrogen-bond donors (Lipinski definition) is 0. The fourth-order valence-corrected chi connectivity index (χ4v) is 2.75. The second-order valence-electron chi connectivity index (χ2n) is 3.84. The number of allylic oxidation sites excluding steroid dienone is 1. The van der Waals surface area contributed by atoms with Gasteiger partial charge in [-0.05, 0) is 24.6 Å². The van der Waals surface area contributed by atoms with Crippen LogP contribution in [0.25, 0.3) is 0 Å². The van der Waals surface area contributed by atoms with Crippen LogP contribution in [0, 0.1) is 6.92 Å². The van der Waals surface area contributed by atoms with Crippen molar-refractivity contribution in [2.24, 2.45) is 0 Å². The standard InChI is InChI=1S/C13H14BrN3S/c1-3-8-17-10(2)15-16-13(17)18-9-11-4-6-12(14)7-5-11/h3-7H,1,8-9H2,2H3. The summed E-state index contributed by atoms with van der Waals surface area (Å²) in [5, 5.41) is 9.22. The first-order chi connectivity index (χ1) is 8.70. The lowest BCUT2D eigenvalue weighted by atomic mass is 10.2. The number of thioether (sulfide) groups is 1. The van der Waals surface area contributed by atoms with Gasteiger partial charge in [0.15, 0.2) is 5.16 Å². The third-order valence-electron chi connectivity index (χ3n) is 2.49. The van der Waals surface area contributed by atoms with Gasteiger partial charge in [0.2, 0.25) is 0 Å². The highest BCUT2D eigenvalue weighted by Gasteiger charge is 2.08. The summed E-state index contributed by atoms with van der Waals surface area (Å²) in [6, 6.07) is 8.32. The zero-order valence-corrected chi connectivity index (χ0v) is 12.5. The van der Waals surface area contributed by atoms with Gasteiger partial charge in [-0.25, -0.2) is 0 Å². The summed E-state index contributed by atoms with van der Waals surface area (Å²) < 4.78 is 3.16. The Bertz CT molecular complexity index is 534. The number of aryl methyl sites for hydroxylation is 1. The molecule has 0 unspecified atom stereocenters. The Hall–Kier alpha value is -1.07. The molecule has 0 aliphatic carbocycles. The zero-order valence-electron chi connectivity index (χ0n) is 10.1. The van der Waals surface area contributed by atoms with E-state index in [1.807, 2.05) is 13.0 Å². The van der Waals surface area contributed by atoms with Crippen LogP contribution < -0.4 is 0 Å². The average Bonchev–Trinajstić information content (AvgIpc) is 2.71. The Kier molecular flexibility index (Phi) is 4.60. The molecule has 1 heterocycles. The van der Waals surface area contributed by atoms with Crippen LogP contribution in [-0.2, 0) is 12.3 Å². The van der Waals surface area contributed by atoms with Crippen molar-refractivity contribution in [3.63, 3.8) is 0 Å². The van der Waals surface area contributed by atoms with Gasteiger partial charge in [0.1, 0.15) is 5.82 Å². The quantitative estimate of drug-likeness (QED) is 0.619. The van der Waals surface area contributed by atoms with Crippen LogP contribution in [0.4, 0.5) is 0 Å². The monoisotopic (exact) mass is 323 g/mol. The van der Waals surface area contributed by atoms with Crippen LogP contribution in [0.1, 0.15) is 11.4 Å². The fraction of sp³-hybridized carbons (Fsp3) is 0.231. The lowest BCUT2D eigenvalue weighted by Gasteiger charge is -2.05. The molecule has 0 aliphatic heterocycles. The van der Waals surface area contributed by atoms with E-state index < -0.39 is 0 Å². The summed E-state index contributed by atoms with van der Waals surface area (Å²) >= 11 is 5.13. The minimum atomic E-state index is 0.751. The van der Waals surface area contributed by atoms with Gasteiger partial charge in [0.25, 0.3) is 0 Å². The Morgan fingerprint density at radius 3 is 2.72 bits per heavy atom. The number of benzene rings is 1. The molecular weight excluding hydrogens is 310 g/mol. The molecule has 0 N–H and O–H groups in total. The summed E-state index contributed by atoms with van der Waals surface area (Å²) in [5.74, 6) is 1.82. The Morgan fingerprint density at radius 1 is 1.33 bits per heavy atom. The molecule has 5 heteroatoms. The molecule has 0 aliphatic rings. The normalized spacial score (nSPS) is 10.6. The van der Waals surface area contributed by atoms with Crippen LogP contribution in [0.2, 0.25) is 0 Å². The zero-order chi connectivity index (χ0) is 13.0. The van der Waals surface area contributed by atoms with E-state index in [2.05, 4.69) is 61.5 Å². The average molecular weight is 324 g/mol. The minimum absolute atomic E-state index is 0.751. The fourth-order valence-electron chi connectivity index (χ4n) is 1.54. The van der Waals surface area contributed by atoms with Crippen molar-refractivity contribution in [3.05, 3.63) is 52.8 Å². The van der Waals surface area contributed by atoms with Crippen molar-refractivity contribution < 1.29 is 0 Å². The second-order valence-corrected chi connectivity index (χ2v) is 5.70. The van der Waals surface area contributed by atoms with Crippen molar-refractivity contribution in [1.29, 1.82) is 0 Å². The van der Waals surface area contributed by atoms with E-state index in [0.29, 0.717) is 0 Å². The van der Waals surface area contributed by atoms with Gasteiger partial charge in [-0.2, -0.15) is 0 Å². The van der Waals surface area contributed by atoms with Crippen LogP contribution in [0.3, 0.4) is 0 Å². The maximum absolute atomic E-state index is 4.19. The number of aromatic nitrogens is 3. The topological polar surface area (TPSA) is 30.7 Å². The van der Waals surface area contributed by atoms with Gasteiger partial charge in [-0.1, -0.05) is 45.9 Å². The van der Waals surface area contributed by atoms with Crippen LogP contribution in [-0.4, -0.2) is 14.8 Å². The number of rotatable bonds is 5. The maximum Gasteiger partial charge on any atom is 0.191 e. The molecule has 18 heavy (non-hydrogen) atoms.